The summed E-state index contributed by atoms with van der Waals surface area (Å²) >= 11 is 0. The van der Waals surface area contributed by atoms with E-state index in [0.717, 1.165) is 11.8 Å². The third-order valence-electron chi connectivity index (χ3n) is 3.62. The number of aliphatic hydroxyl groups is 1. The molecule has 0 spiro atoms. The third kappa shape index (κ3) is 4.77. The third-order valence-corrected chi connectivity index (χ3v) is 3.62. The number of hydrogen-bond acceptors (Lipinski definition) is 4. The molecule has 1 atom stereocenters. The molecule has 2 aromatic carbocycles. The highest BCUT2D eigenvalue weighted by molar-refractivity contribution is 6.01. The molecule has 0 heterocycles. The molecule has 2 rings (SSSR count). The second-order valence-corrected chi connectivity index (χ2v) is 6.48. The van der Waals surface area contributed by atoms with E-state index in [4.69, 9.17) is 4.74 Å². The standard InChI is InChI=1S/C20H22O4/c1-14(13-21)12-15-4-8-17(9-5-15)24-18-10-6-16(7-11-18)19(22)20(2,3)23/h4-11,13-14,23H,12H2,1-3H3. The maximum atomic E-state index is 12.0. The van der Waals surface area contributed by atoms with Gasteiger partial charge >= 0.3 is 0 Å². The maximum Gasteiger partial charge on any atom is 0.193 e. The Balaban J connectivity index is 2.03. The molecule has 0 bridgehead atoms. The molecule has 0 saturated carbocycles. The molecule has 0 aliphatic heterocycles. The lowest BCUT2D eigenvalue weighted by atomic mass is 9.97. The molecule has 0 fully saturated rings. The molecule has 4 nitrogen and oxygen atoms in total. The van der Waals surface area contributed by atoms with E-state index in [0.29, 0.717) is 23.5 Å². The molecule has 4 heteroatoms. The molecular formula is C20H22O4. The van der Waals surface area contributed by atoms with Crippen molar-refractivity contribution in [1.29, 1.82) is 0 Å². The molecular weight excluding hydrogens is 304 g/mol. The predicted octanol–water partition coefficient (Wildman–Crippen LogP) is 3.81. The summed E-state index contributed by atoms with van der Waals surface area (Å²) in [5.74, 6) is 0.954. The van der Waals surface area contributed by atoms with Crippen LogP contribution >= 0.6 is 0 Å². The topological polar surface area (TPSA) is 63.6 Å². The average Bonchev–Trinajstić information content (AvgIpc) is 2.55. The first kappa shape index (κ1) is 17.9. The van der Waals surface area contributed by atoms with Crippen LogP contribution in [0, 0.1) is 5.92 Å². The number of ketones is 1. The summed E-state index contributed by atoms with van der Waals surface area (Å²) in [4.78, 5) is 22.7. The number of rotatable bonds is 7. The summed E-state index contributed by atoms with van der Waals surface area (Å²) in [6.45, 7) is 4.81. The number of aldehydes is 1. The van der Waals surface area contributed by atoms with Gasteiger partial charge in [0.2, 0.25) is 0 Å². The number of Topliss-reactive ketones (excluding diaryl/α,β-unsaturated/α-hetero) is 1. The van der Waals surface area contributed by atoms with E-state index in [2.05, 4.69) is 0 Å². The highest BCUT2D eigenvalue weighted by Crippen LogP contribution is 2.24. The Bertz CT molecular complexity index is 694. The monoisotopic (exact) mass is 326 g/mol. The van der Waals surface area contributed by atoms with Crippen LogP contribution in [0.4, 0.5) is 0 Å². The van der Waals surface area contributed by atoms with Crippen LogP contribution < -0.4 is 4.74 Å². The van der Waals surface area contributed by atoms with Crippen molar-refractivity contribution < 1.29 is 19.4 Å². The second kappa shape index (κ2) is 7.41. The fourth-order valence-electron chi connectivity index (χ4n) is 2.28. The molecule has 1 unspecified atom stereocenters. The van der Waals surface area contributed by atoms with Crippen molar-refractivity contribution >= 4 is 12.1 Å². The van der Waals surface area contributed by atoms with Crippen LogP contribution in [0.25, 0.3) is 0 Å². The molecule has 126 valence electrons. The lowest BCUT2D eigenvalue weighted by molar-refractivity contribution is -0.110. The van der Waals surface area contributed by atoms with Gasteiger partial charge in [0.05, 0.1) is 0 Å². The van der Waals surface area contributed by atoms with E-state index in [1.54, 1.807) is 24.3 Å². The summed E-state index contributed by atoms with van der Waals surface area (Å²) in [6, 6.07) is 14.2. The number of carbonyl (C=O) groups is 2. The minimum atomic E-state index is -1.39. The van der Waals surface area contributed by atoms with Crippen LogP contribution in [0.5, 0.6) is 11.5 Å². The van der Waals surface area contributed by atoms with Crippen molar-refractivity contribution in [2.24, 2.45) is 5.92 Å². The lowest BCUT2D eigenvalue weighted by Gasteiger charge is -2.15. The van der Waals surface area contributed by atoms with Gasteiger partial charge in [0.25, 0.3) is 0 Å². The predicted molar refractivity (Wildman–Crippen MR) is 92.5 cm³/mol. The number of ether oxygens (including phenoxy) is 1. The van der Waals surface area contributed by atoms with E-state index in [1.165, 1.54) is 13.8 Å². The molecule has 24 heavy (non-hydrogen) atoms. The zero-order valence-electron chi connectivity index (χ0n) is 14.2. The molecule has 0 saturated heterocycles. The van der Waals surface area contributed by atoms with E-state index in [9.17, 15) is 14.7 Å². The van der Waals surface area contributed by atoms with Crippen molar-refractivity contribution in [3.63, 3.8) is 0 Å². The molecule has 0 aromatic heterocycles. The molecule has 0 aliphatic rings. The quantitative estimate of drug-likeness (QED) is 0.621. The zero-order valence-corrected chi connectivity index (χ0v) is 14.2. The number of carbonyl (C=O) groups excluding carboxylic acids is 2. The van der Waals surface area contributed by atoms with Gasteiger partial charge in [0.1, 0.15) is 23.4 Å². The van der Waals surface area contributed by atoms with Crippen LogP contribution in [0.3, 0.4) is 0 Å². The normalized spacial score (nSPS) is 12.5. The molecule has 0 aliphatic carbocycles. The van der Waals surface area contributed by atoms with Crippen molar-refractivity contribution in [3.05, 3.63) is 59.7 Å². The largest absolute Gasteiger partial charge is 0.457 e. The minimum absolute atomic E-state index is 0.00220. The van der Waals surface area contributed by atoms with Crippen LogP contribution in [0.1, 0.15) is 36.7 Å². The maximum absolute atomic E-state index is 12.0. The van der Waals surface area contributed by atoms with Crippen molar-refractivity contribution in [2.45, 2.75) is 32.8 Å². The summed E-state index contributed by atoms with van der Waals surface area (Å²) in [7, 11) is 0. The van der Waals surface area contributed by atoms with Crippen LogP contribution in [0.15, 0.2) is 48.5 Å². The highest BCUT2D eigenvalue weighted by atomic mass is 16.5. The van der Waals surface area contributed by atoms with Gasteiger partial charge in [0, 0.05) is 11.5 Å². The Labute approximate surface area is 142 Å². The second-order valence-electron chi connectivity index (χ2n) is 6.48. The molecule has 2 aromatic rings. The Hall–Kier alpha value is -2.46. The molecule has 0 radical (unpaired) electrons. The van der Waals surface area contributed by atoms with Gasteiger partial charge in [-0.1, -0.05) is 19.1 Å². The summed E-state index contributed by atoms with van der Waals surface area (Å²) in [6.07, 6.45) is 1.65. The number of benzene rings is 2. The van der Waals surface area contributed by atoms with Gasteiger partial charge in [-0.15, -0.1) is 0 Å². The van der Waals surface area contributed by atoms with Crippen LogP contribution in [-0.4, -0.2) is 22.8 Å². The van der Waals surface area contributed by atoms with Gasteiger partial charge < -0.3 is 14.6 Å². The van der Waals surface area contributed by atoms with E-state index in [-0.39, 0.29) is 11.7 Å². The van der Waals surface area contributed by atoms with Gasteiger partial charge in [0.15, 0.2) is 5.78 Å². The highest BCUT2D eigenvalue weighted by Gasteiger charge is 2.24. The zero-order chi connectivity index (χ0) is 17.7. The van der Waals surface area contributed by atoms with E-state index in [1.807, 2.05) is 31.2 Å². The first-order chi connectivity index (χ1) is 11.3. The van der Waals surface area contributed by atoms with Gasteiger partial charge in [-0.05, 0) is 62.2 Å². The summed E-state index contributed by atoms with van der Waals surface area (Å²) in [5, 5.41) is 9.75. The first-order valence-corrected chi connectivity index (χ1v) is 7.89. The Kier molecular flexibility index (Phi) is 5.52. The van der Waals surface area contributed by atoms with E-state index < -0.39 is 5.60 Å². The molecule has 0 amide bonds. The van der Waals surface area contributed by atoms with Gasteiger partial charge in [-0.25, -0.2) is 0 Å². The average molecular weight is 326 g/mol. The Morgan fingerprint density at radius 1 is 1.08 bits per heavy atom. The number of hydrogen-bond donors (Lipinski definition) is 1. The first-order valence-electron chi connectivity index (χ1n) is 7.89. The smallest absolute Gasteiger partial charge is 0.193 e. The summed E-state index contributed by atoms with van der Waals surface area (Å²) < 4.78 is 5.74. The van der Waals surface area contributed by atoms with Gasteiger partial charge in [-0.3, -0.25) is 4.79 Å². The molecule has 1 N–H and O–H groups in total. The van der Waals surface area contributed by atoms with Crippen LogP contribution in [-0.2, 0) is 11.2 Å². The van der Waals surface area contributed by atoms with Crippen molar-refractivity contribution in [1.82, 2.24) is 0 Å². The SMILES string of the molecule is CC(C=O)Cc1ccc(Oc2ccc(C(=O)C(C)(C)O)cc2)cc1. The minimum Gasteiger partial charge on any atom is -0.457 e. The summed E-state index contributed by atoms with van der Waals surface area (Å²) in [5.41, 5.74) is 0.123. The Morgan fingerprint density at radius 2 is 1.58 bits per heavy atom. The van der Waals surface area contributed by atoms with Crippen LogP contribution in [0.2, 0.25) is 0 Å². The Morgan fingerprint density at radius 3 is 2.04 bits per heavy atom. The van der Waals surface area contributed by atoms with Gasteiger partial charge in [-0.2, -0.15) is 0 Å². The lowest BCUT2D eigenvalue weighted by Crippen LogP contribution is -2.30. The fraction of sp³-hybridized carbons (Fsp3) is 0.300. The van der Waals surface area contributed by atoms with Crippen molar-refractivity contribution in [3.8, 4) is 11.5 Å². The van der Waals surface area contributed by atoms with Crippen molar-refractivity contribution in [2.75, 3.05) is 0 Å². The van der Waals surface area contributed by atoms with E-state index >= 15 is 0 Å². The fourth-order valence-corrected chi connectivity index (χ4v) is 2.28.